The summed E-state index contributed by atoms with van der Waals surface area (Å²) >= 11 is 0. The predicted octanol–water partition coefficient (Wildman–Crippen LogP) is 2.83. The van der Waals surface area contributed by atoms with Gasteiger partial charge in [-0.15, -0.1) is 0 Å². The van der Waals surface area contributed by atoms with E-state index < -0.39 is 0 Å². The number of likely N-dealkylation sites (tertiary alicyclic amines) is 1. The van der Waals surface area contributed by atoms with E-state index in [9.17, 15) is 0 Å². The van der Waals surface area contributed by atoms with Crippen molar-refractivity contribution < 1.29 is 0 Å². The van der Waals surface area contributed by atoms with Crippen molar-refractivity contribution in [3.8, 4) is 0 Å². The fraction of sp³-hybridized carbons (Fsp3) is 0.529. The molecule has 1 saturated heterocycles. The van der Waals surface area contributed by atoms with Crippen molar-refractivity contribution in [1.82, 2.24) is 19.7 Å². The first-order chi connectivity index (χ1) is 10.2. The summed E-state index contributed by atoms with van der Waals surface area (Å²) in [6.07, 6.45) is 4.36. The summed E-state index contributed by atoms with van der Waals surface area (Å²) < 4.78 is 2.05. The van der Waals surface area contributed by atoms with Crippen molar-refractivity contribution in [3.05, 3.63) is 47.5 Å². The summed E-state index contributed by atoms with van der Waals surface area (Å²) in [7, 11) is 0. The Hall–Kier alpha value is -1.68. The van der Waals surface area contributed by atoms with Gasteiger partial charge in [-0.25, -0.2) is 9.67 Å². The summed E-state index contributed by atoms with van der Waals surface area (Å²) in [6, 6.07) is 8.61. The monoisotopic (exact) mass is 284 g/mol. The molecule has 0 unspecified atom stereocenters. The lowest BCUT2D eigenvalue weighted by Gasteiger charge is -2.20. The average molecular weight is 284 g/mol. The maximum absolute atomic E-state index is 4.50. The van der Waals surface area contributed by atoms with Gasteiger partial charge in [0.1, 0.15) is 12.2 Å². The van der Waals surface area contributed by atoms with Gasteiger partial charge in [-0.3, -0.25) is 0 Å². The third-order valence-corrected chi connectivity index (χ3v) is 4.23. The zero-order valence-electron chi connectivity index (χ0n) is 13.0. The van der Waals surface area contributed by atoms with Crippen LogP contribution in [-0.2, 0) is 6.54 Å². The van der Waals surface area contributed by atoms with Gasteiger partial charge < -0.3 is 4.90 Å². The Morgan fingerprint density at radius 3 is 2.81 bits per heavy atom. The smallest absolute Gasteiger partial charge is 0.138 e. The topological polar surface area (TPSA) is 34.0 Å². The molecule has 0 aliphatic carbocycles. The van der Waals surface area contributed by atoms with Crippen LogP contribution < -0.4 is 0 Å². The molecule has 1 atom stereocenters. The number of aryl methyl sites for hydroxylation is 1. The zero-order chi connectivity index (χ0) is 14.7. The molecule has 4 nitrogen and oxygen atoms in total. The molecule has 1 aliphatic rings. The second-order valence-corrected chi connectivity index (χ2v) is 6.17. The molecule has 21 heavy (non-hydrogen) atoms. The second kappa shape index (κ2) is 6.39. The first-order valence-electron chi connectivity index (χ1n) is 7.88. The van der Waals surface area contributed by atoms with Gasteiger partial charge in [-0.1, -0.05) is 36.8 Å². The highest BCUT2D eigenvalue weighted by atomic mass is 15.3. The van der Waals surface area contributed by atoms with Gasteiger partial charge in [-0.2, -0.15) is 5.10 Å². The molecular formula is C17H24N4. The van der Waals surface area contributed by atoms with Crippen molar-refractivity contribution in [2.45, 2.75) is 39.2 Å². The van der Waals surface area contributed by atoms with E-state index in [-0.39, 0.29) is 0 Å². The minimum Gasteiger partial charge on any atom is -0.303 e. The normalized spacial score (nSPS) is 17.2. The van der Waals surface area contributed by atoms with Gasteiger partial charge >= 0.3 is 0 Å². The lowest BCUT2D eigenvalue weighted by molar-refractivity contribution is 0.313. The summed E-state index contributed by atoms with van der Waals surface area (Å²) in [6.45, 7) is 8.75. The molecule has 0 bridgehead atoms. The van der Waals surface area contributed by atoms with Crippen LogP contribution in [-0.4, -0.2) is 39.3 Å². The minimum atomic E-state index is 0.426. The highest BCUT2D eigenvalue weighted by Crippen LogP contribution is 2.18. The second-order valence-electron chi connectivity index (χ2n) is 6.17. The van der Waals surface area contributed by atoms with Crippen LogP contribution in [0.25, 0.3) is 0 Å². The molecule has 112 valence electrons. The highest BCUT2D eigenvalue weighted by molar-refractivity contribution is 5.22. The standard InChI is InChI=1S/C17H24N4/c1-14-6-5-7-16(10-14)12-21-17(18-13-19-21)15(2)11-20-8-3-4-9-20/h5-7,10,13,15H,3-4,8-9,11-12H2,1-2H3/t15-/m0/s1. The van der Waals surface area contributed by atoms with Gasteiger partial charge in [0.25, 0.3) is 0 Å². The Morgan fingerprint density at radius 1 is 1.24 bits per heavy atom. The molecule has 2 aromatic rings. The van der Waals surface area contributed by atoms with Gasteiger partial charge in [0.05, 0.1) is 6.54 Å². The van der Waals surface area contributed by atoms with Gasteiger partial charge in [0.2, 0.25) is 0 Å². The van der Waals surface area contributed by atoms with Crippen LogP contribution in [0, 0.1) is 6.92 Å². The van der Waals surface area contributed by atoms with E-state index in [1.165, 1.54) is 37.1 Å². The van der Waals surface area contributed by atoms with E-state index in [4.69, 9.17) is 0 Å². The summed E-state index contributed by atoms with van der Waals surface area (Å²) in [5.41, 5.74) is 2.58. The van der Waals surface area contributed by atoms with Crippen LogP contribution in [0.3, 0.4) is 0 Å². The molecule has 1 aliphatic heterocycles. The van der Waals surface area contributed by atoms with E-state index in [1.54, 1.807) is 6.33 Å². The van der Waals surface area contributed by atoms with Crippen LogP contribution >= 0.6 is 0 Å². The third kappa shape index (κ3) is 3.50. The molecule has 3 rings (SSSR count). The molecule has 1 aromatic carbocycles. The summed E-state index contributed by atoms with van der Waals surface area (Å²) in [5.74, 6) is 1.53. The lowest BCUT2D eigenvalue weighted by Crippen LogP contribution is -2.26. The molecule has 0 N–H and O–H groups in total. The minimum absolute atomic E-state index is 0.426. The van der Waals surface area contributed by atoms with E-state index in [1.807, 2.05) is 0 Å². The maximum Gasteiger partial charge on any atom is 0.138 e. The Labute approximate surface area is 126 Å². The SMILES string of the molecule is Cc1cccc(Cn2ncnc2[C@@H](C)CN2CCCC2)c1. The molecule has 2 heterocycles. The van der Waals surface area contributed by atoms with E-state index in [0.29, 0.717) is 5.92 Å². The van der Waals surface area contributed by atoms with Crippen LogP contribution in [0.2, 0.25) is 0 Å². The first kappa shape index (κ1) is 14.3. The molecular weight excluding hydrogens is 260 g/mol. The summed E-state index contributed by atoms with van der Waals surface area (Å²) in [5, 5.41) is 4.42. The van der Waals surface area contributed by atoms with E-state index in [0.717, 1.165) is 18.9 Å². The molecule has 0 amide bonds. The number of aromatic nitrogens is 3. The Kier molecular flexibility index (Phi) is 4.34. The Balaban J connectivity index is 1.70. The van der Waals surface area contributed by atoms with Crippen LogP contribution in [0.1, 0.15) is 42.6 Å². The third-order valence-electron chi connectivity index (χ3n) is 4.23. The average Bonchev–Trinajstić information content (AvgIpc) is 3.10. The zero-order valence-corrected chi connectivity index (χ0v) is 13.0. The first-order valence-corrected chi connectivity index (χ1v) is 7.88. The highest BCUT2D eigenvalue weighted by Gasteiger charge is 2.19. The number of nitrogens with zero attached hydrogens (tertiary/aromatic N) is 4. The van der Waals surface area contributed by atoms with E-state index in [2.05, 4.69) is 57.8 Å². The largest absolute Gasteiger partial charge is 0.303 e. The van der Waals surface area contributed by atoms with Crippen LogP contribution in [0.4, 0.5) is 0 Å². The van der Waals surface area contributed by atoms with Crippen molar-refractivity contribution in [3.63, 3.8) is 0 Å². The maximum atomic E-state index is 4.50. The molecule has 0 radical (unpaired) electrons. The van der Waals surface area contributed by atoms with Gasteiger partial charge in [0, 0.05) is 12.5 Å². The number of hydrogen-bond acceptors (Lipinski definition) is 3. The lowest BCUT2D eigenvalue weighted by atomic mass is 10.1. The van der Waals surface area contributed by atoms with Gasteiger partial charge in [0.15, 0.2) is 0 Å². The molecule has 0 spiro atoms. The quantitative estimate of drug-likeness (QED) is 0.846. The fourth-order valence-electron chi connectivity index (χ4n) is 3.19. The van der Waals surface area contributed by atoms with Crippen molar-refractivity contribution >= 4 is 0 Å². The molecule has 1 fully saturated rings. The molecule has 4 heteroatoms. The van der Waals surface area contributed by atoms with Crippen LogP contribution in [0.15, 0.2) is 30.6 Å². The predicted molar refractivity (Wildman–Crippen MR) is 84.4 cm³/mol. The van der Waals surface area contributed by atoms with E-state index >= 15 is 0 Å². The van der Waals surface area contributed by atoms with Gasteiger partial charge in [-0.05, 0) is 38.4 Å². The number of benzene rings is 1. The van der Waals surface area contributed by atoms with Crippen molar-refractivity contribution in [2.75, 3.05) is 19.6 Å². The number of hydrogen-bond donors (Lipinski definition) is 0. The van der Waals surface area contributed by atoms with Crippen molar-refractivity contribution in [2.24, 2.45) is 0 Å². The Morgan fingerprint density at radius 2 is 2.05 bits per heavy atom. The van der Waals surface area contributed by atoms with Crippen molar-refractivity contribution in [1.29, 1.82) is 0 Å². The number of rotatable bonds is 5. The molecule has 0 saturated carbocycles. The summed E-state index contributed by atoms with van der Waals surface area (Å²) in [4.78, 5) is 7.04. The molecule has 1 aromatic heterocycles. The van der Waals surface area contributed by atoms with Crippen LogP contribution in [0.5, 0.6) is 0 Å². The fourth-order valence-corrected chi connectivity index (χ4v) is 3.19. The Bertz CT molecular complexity index is 584.